The number of hydrogen-bond donors (Lipinski definition) is 9. The molecule has 0 aliphatic carbocycles. The molecular weight excluding hydrogens is 1270 g/mol. The van der Waals surface area contributed by atoms with E-state index in [2.05, 4.69) is 105 Å². The number of aryl methyl sites for hydroxylation is 1. The maximum absolute atomic E-state index is 11.8. The Balaban J connectivity index is 0.000000112. The predicted octanol–water partition coefficient (Wildman–Crippen LogP) is 16.0. The van der Waals surface area contributed by atoms with Crippen molar-refractivity contribution in [1.82, 2.24) is 80.2 Å². The minimum atomic E-state index is 0.0695. The van der Waals surface area contributed by atoms with Gasteiger partial charge in [-0.3, -0.25) is 30.1 Å². The average molecular weight is 1320 g/mol. The summed E-state index contributed by atoms with van der Waals surface area (Å²) in [6, 6.07) is 48.0. The van der Waals surface area contributed by atoms with Crippen LogP contribution in [0.1, 0.15) is 12.5 Å². The zero-order valence-electron chi connectivity index (χ0n) is 50.2. The van der Waals surface area contributed by atoms with E-state index in [0.717, 1.165) is 155 Å². The second kappa shape index (κ2) is 25.2. The van der Waals surface area contributed by atoms with Crippen LogP contribution in [-0.2, 0) is 18.3 Å². The molecule has 1 aliphatic rings. The second-order valence-electron chi connectivity index (χ2n) is 21.8. The molecule has 0 fully saturated rings. The minimum Gasteiger partial charge on any atom is -0.339 e. The molecule has 5 aromatic carbocycles. The summed E-state index contributed by atoms with van der Waals surface area (Å²) >= 11 is 6.46. The third kappa shape index (κ3) is 12.3. The maximum Gasteiger partial charge on any atom is 0.232 e. The third-order valence-corrected chi connectivity index (χ3v) is 19.1. The number of nitrogens with one attached hydrogen (secondary N) is 9. The molecule has 13 heterocycles. The van der Waals surface area contributed by atoms with Crippen molar-refractivity contribution in [2.45, 2.75) is 13.3 Å². The number of aromatic amines is 3. The number of fused-ring (bicyclic) bond motifs is 7. The molecule has 464 valence electrons. The number of H-pyrrole nitrogens is 3. The van der Waals surface area contributed by atoms with Gasteiger partial charge in [0, 0.05) is 82.9 Å². The van der Waals surface area contributed by atoms with Gasteiger partial charge < -0.3 is 31.5 Å². The highest BCUT2D eigenvalue weighted by molar-refractivity contribution is 7.18. The van der Waals surface area contributed by atoms with Crippen molar-refractivity contribution in [3.05, 3.63) is 197 Å². The van der Waals surface area contributed by atoms with E-state index in [1.807, 2.05) is 173 Å². The van der Waals surface area contributed by atoms with E-state index >= 15 is 0 Å². The molecule has 1 amide bonds. The SMILES string of the molecule is CC(=O)N1CCc2cc(Nc3nc(Nc4ccc5[nH]ncc5c4)c4sccc4n3)ccc21.Cn1nc(-c2cccs2)cc1Nc1nc(Nc2ccc3[nH]ncc3c2)c2sccc2n1.c1ccc(-c2ccnc(Nc3nc(Nc4ccc5[nH]ncc5c4)c4sccc4n3)n2)cc1. The van der Waals surface area contributed by atoms with Crippen LogP contribution in [-0.4, -0.2) is 92.7 Å². The monoisotopic (exact) mass is 1320 g/mol. The van der Waals surface area contributed by atoms with Crippen LogP contribution < -0.4 is 36.8 Å². The fourth-order valence-electron chi connectivity index (χ4n) is 11.0. The van der Waals surface area contributed by atoms with Crippen LogP contribution >= 0.6 is 45.3 Å². The van der Waals surface area contributed by atoms with E-state index in [4.69, 9.17) is 15.0 Å². The Bertz CT molecular complexity index is 5640. The van der Waals surface area contributed by atoms with Crippen molar-refractivity contribution < 1.29 is 4.79 Å². The zero-order chi connectivity index (χ0) is 63.8. The van der Waals surface area contributed by atoms with Crippen LogP contribution in [0.2, 0.25) is 0 Å². The van der Waals surface area contributed by atoms with Gasteiger partial charge in [-0.05, 0) is 137 Å². The van der Waals surface area contributed by atoms with Crippen LogP contribution in [0.15, 0.2) is 192 Å². The molecule has 9 N–H and O–H groups in total. The van der Waals surface area contributed by atoms with Crippen LogP contribution in [0.4, 0.5) is 75.5 Å². The van der Waals surface area contributed by atoms with E-state index in [-0.39, 0.29) is 5.91 Å². The molecule has 0 saturated heterocycles. The Morgan fingerprint density at radius 2 is 1.00 bits per heavy atom. The standard InChI is InChI=1S/C23H16N8S.C23H19N7OS.C21H16N8S2/c1-2-4-14(5-3-1)17-8-10-24-22(27-17)30-23-28-19-9-11-32-20(19)21(29-23)26-16-6-7-18-15(12-16)13-25-31-18;1-13(31)30-8-6-14-10-17(3-5-20(14)30)26-23-27-19-7-9-32-21(19)22(28-23)25-16-2-4-18-15(11-16)12-24-29-18;1-29-18(10-16(28-29)17-3-2-7-30-17)25-21-24-15-6-8-31-19(15)20(26-21)23-13-4-5-14-12(9-13)11-22-27-14/h1-13H,(H,25,31)(H2,24,26,27,28,29,30);2-5,7,9-12H,6,8H2,1H3,(H,24,29)(H2,25,26,27,28);2-11H,1H3,(H,22,27)(H2,23,24,25,26). The van der Waals surface area contributed by atoms with Crippen molar-refractivity contribution >= 4 is 190 Å². The smallest absolute Gasteiger partial charge is 0.232 e. The third-order valence-electron chi connectivity index (χ3n) is 15.5. The second-order valence-corrected chi connectivity index (χ2v) is 25.5. The van der Waals surface area contributed by atoms with Gasteiger partial charge in [0.15, 0.2) is 17.5 Å². The van der Waals surface area contributed by atoms with Gasteiger partial charge in [-0.1, -0.05) is 36.4 Å². The van der Waals surface area contributed by atoms with Gasteiger partial charge in [-0.15, -0.1) is 45.3 Å². The summed E-state index contributed by atoms with van der Waals surface area (Å²) in [7, 11) is 1.90. The number of benzene rings is 5. The lowest BCUT2D eigenvalue weighted by Gasteiger charge is -2.15. The zero-order valence-corrected chi connectivity index (χ0v) is 53.5. The summed E-state index contributed by atoms with van der Waals surface area (Å²) in [4.78, 5) is 51.9. The first-order chi connectivity index (χ1) is 46.7. The molecule has 17 aromatic rings. The number of hydrogen-bond acceptors (Lipinski definition) is 23. The first-order valence-corrected chi connectivity index (χ1v) is 33.3. The Morgan fingerprint density at radius 1 is 0.474 bits per heavy atom. The van der Waals surface area contributed by atoms with Gasteiger partial charge in [0.2, 0.25) is 29.7 Å². The lowest BCUT2D eigenvalue weighted by molar-refractivity contribution is -0.116. The van der Waals surface area contributed by atoms with Crippen molar-refractivity contribution in [3.63, 3.8) is 0 Å². The van der Waals surface area contributed by atoms with E-state index in [0.29, 0.717) is 23.8 Å². The number of amides is 1. The highest BCUT2D eigenvalue weighted by Crippen LogP contribution is 2.37. The lowest BCUT2D eigenvalue weighted by atomic mass is 10.1. The average Bonchev–Trinajstić information content (AvgIpc) is 1.92. The van der Waals surface area contributed by atoms with E-state index in [9.17, 15) is 4.79 Å². The fourth-order valence-corrected chi connectivity index (χ4v) is 14.0. The van der Waals surface area contributed by atoms with Gasteiger partial charge in [-0.2, -0.15) is 35.3 Å². The molecule has 95 heavy (non-hydrogen) atoms. The fraction of sp³-hybridized carbons (Fsp3) is 0.0597. The predicted molar refractivity (Wildman–Crippen MR) is 382 cm³/mol. The summed E-state index contributed by atoms with van der Waals surface area (Å²) < 4.78 is 4.77. The van der Waals surface area contributed by atoms with Crippen molar-refractivity contribution in [1.29, 1.82) is 0 Å². The Kier molecular flexibility index (Phi) is 15.4. The largest absolute Gasteiger partial charge is 0.339 e. The molecular formula is C67H51N23OS4. The normalized spacial score (nSPS) is 11.8. The van der Waals surface area contributed by atoms with Gasteiger partial charge >= 0.3 is 0 Å². The highest BCUT2D eigenvalue weighted by Gasteiger charge is 2.23. The van der Waals surface area contributed by atoms with Crippen LogP contribution in [0.25, 0.3) is 85.2 Å². The molecule has 12 aromatic heterocycles. The molecule has 0 saturated carbocycles. The summed E-state index contributed by atoms with van der Waals surface area (Å²) in [6.07, 6.45) is 7.97. The summed E-state index contributed by atoms with van der Waals surface area (Å²) in [5, 5.41) is 57.0. The molecule has 0 atom stereocenters. The number of rotatable bonds is 14. The molecule has 24 nitrogen and oxygen atoms in total. The van der Waals surface area contributed by atoms with Gasteiger partial charge in [0.1, 0.15) is 11.5 Å². The number of aromatic nitrogens is 16. The van der Waals surface area contributed by atoms with Crippen molar-refractivity contribution in [2.24, 2.45) is 7.05 Å². The Labute approximate surface area is 554 Å². The lowest BCUT2D eigenvalue weighted by Crippen LogP contribution is -2.25. The quantitative estimate of drug-likeness (QED) is 0.0489. The highest BCUT2D eigenvalue weighted by atomic mass is 32.1. The molecule has 0 bridgehead atoms. The van der Waals surface area contributed by atoms with Gasteiger partial charge in [-0.25, -0.2) is 24.9 Å². The summed E-state index contributed by atoms with van der Waals surface area (Å²) in [5.74, 6) is 5.01. The number of carbonyl (C=O) groups excluding carboxylic acids is 1. The van der Waals surface area contributed by atoms with E-state index < -0.39 is 0 Å². The number of carbonyl (C=O) groups is 1. The van der Waals surface area contributed by atoms with Crippen LogP contribution in [0, 0.1) is 0 Å². The maximum atomic E-state index is 11.8. The molecule has 18 rings (SSSR count). The van der Waals surface area contributed by atoms with Crippen molar-refractivity contribution in [3.8, 4) is 21.8 Å². The van der Waals surface area contributed by atoms with Gasteiger partial charge in [0.25, 0.3) is 0 Å². The molecule has 0 spiro atoms. The van der Waals surface area contributed by atoms with Crippen LogP contribution in [0.5, 0.6) is 0 Å². The first-order valence-electron chi connectivity index (χ1n) is 29.7. The Hall–Kier alpha value is -12.1. The molecule has 28 heteroatoms. The van der Waals surface area contributed by atoms with Gasteiger partial charge in [0.05, 0.1) is 76.4 Å². The first kappa shape index (κ1) is 58.0. The summed E-state index contributed by atoms with van der Waals surface area (Å²) in [5.41, 5.74) is 14.1. The van der Waals surface area contributed by atoms with Crippen molar-refractivity contribution in [2.75, 3.05) is 43.3 Å². The number of anilines is 13. The molecule has 1 aliphatic heterocycles. The number of thiophene rings is 4. The molecule has 0 unspecified atom stereocenters. The number of nitrogens with zero attached hydrogens (tertiary/aromatic N) is 14. The van der Waals surface area contributed by atoms with E-state index in [1.165, 1.54) is 0 Å². The van der Waals surface area contributed by atoms with Crippen LogP contribution in [0.3, 0.4) is 0 Å². The Morgan fingerprint density at radius 3 is 1.54 bits per heavy atom. The topological polar surface area (TPSA) is 299 Å². The summed E-state index contributed by atoms with van der Waals surface area (Å²) in [6.45, 7) is 2.32. The minimum absolute atomic E-state index is 0.0695. The molecule has 0 radical (unpaired) electrons. The van der Waals surface area contributed by atoms with E-state index in [1.54, 1.807) is 75.5 Å².